The summed E-state index contributed by atoms with van der Waals surface area (Å²) in [6, 6.07) is 7.10. The predicted octanol–water partition coefficient (Wildman–Crippen LogP) is 2.97. The van der Waals surface area contributed by atoms with Crippen molar-refractivity contribution in [3.8, 4) is 17.0 Å². The number of halogens is 1. The zero-order chi connectivity index (χ0) is 22.5. The third-order valence-electron chi connectivity index (χ3n) is 4.71. The molecule has 31 heavy (non-hydrogen) atoms. The number of nitrogens with one attached hydrogen (secondary N) is 2. The van der Waals surface area contributed by atoms with Gasteiger partial charge in [-0.3, -0.25) is 5.41 Å². The van der Waals surface area contributed by atoms with Crippen LogP contribution < -0.4 is 15.8 Å². The number of rotatable bonds is 9. The SMILES string of the molecule is CNCC(O)COc1cc(Cl)cc(-c2cc(C(=N)/C=C\N)nc3c(C(C)C)cnn23)c1. The highest BCUT2D eigenvalue weighted by Gasteiger charge is 2.17. The molecule has 2 aromatic heterocycles. The van der Waals surface area contributed by atoms with E-state index in [1.807, 2.05) is 6.07 Å². The fraction of sp³-hybridized carbons (Fsp3) is 0.318. The monoisotopic (exact) mass is 442 g/mol. The van der Waals surface area contributed by atoms with E-state index in [2.05, 4.69) is 29.2 Å². The lowest BCUT2D eigenvalue weighted by Gasteiger charge is -2.14. The van der Waals surface area contributed by atoms with Gasteiger partial charge in [0, 0.05) is 22.7 Å². The van der Waals surface area contributed by atoms with Crippen molar-refractivity contribution in [2.75, 3.05) is 20.2 Å². The highest BCUT2D eigenvalue weighted by Crippen LogP contribution is 2.31. The lowest BCUT2D eigenvalue weighted by molar-refractivity contribution is 0.108. The number of aromatic nitrogens is 3. The van der Waals surface area contributed by atoms with Crippen molar-refractivity contribution in [2.24, 2.45) is 5.73 Å². The minimum absolute atomic E-state index is 0.128. The second-order valence-corrected chi connectivity index (χ2v) is 7.92. The summed E-state index contributed by atoms with van der Waals surface area (Å²) in [5.41, 5.74) is 9.25. The fourth-order valence-electron chi connectivity index (χ4n) is 3.19. The van der Waals surface area contributed by atoms with Gasteiger partial charge < -0.3 is 20.9 Å². The first-order valence-corrected chi connectivity index (χ1v) is 10.3. The number of hydrogen-bond donors (Lipinski definition) is 4. The molecule has 0 amide bonds. The molecule has 0 fully saturated rings. The molecule has 164 valence electrons. The number of likely N-dealkylation sites (N-methyl/N-ethyl adjacent to an activating group) is 1. The molecule has 0 saturated heterocycles. The summed E-state index contributed by atoms with van der Waals surface area (Å²) in [4.78, 5) is 4.65. The number of aliphatic hydroxyl groups excluding tert-OH is 1. The van der Waals surface area contributed by atoms with Gasteiger partial charge in [-0.1, -0.05) is 25.4 Å². The van der Waals surface area contributed by atoms with Gasteiger partial charge in [0.1, 0.15) is 18.5 Å². The molecular formula is C22H27ClN6O2. The third-order valence-corrected chi connectivity index (χ3v) is 4.93. The van der Waals surface area contributed by atoms with Crippen LogP contribution in [0.4, 0.5) is 0 Å². The first kappa shape index (κ1) is 22.7. The molecule has 9 heteroatoms. The smallest absolute Gasteiger partial charge is 0.159 e. The fourth-order valence-corrected chi connectivity index (χ4v) is 3.42. The van der Waals surface area contributed by atoms with Gasteiger partial charge in [-0.2, -0.15) is 5.10 Å². The van der Waals surface area contributed by atoms with Crippen LogP contribution in [0, 0.1) is 5.41 Å². The van der Waals surface area contributed by atoms with Gasteiger partial charge in [-0.25, -0.2) is 9.50 Å². The van der Waals surface area contributed by atoms with E-state index in [4.69, 9.17) is 27.5 Å². The molecular weight excluding hydrogens is 416 g/mol. The molecule has 1 unspecified atom stereocenters. The summed E-state index contributed by atoms with van der Waals surface area (Å²) >= 11 is 6.37. The largest absolute Gasteiger partial charge is 0.491 e. The van der Waals surface area contributed by atoms with Crippen LogP contribution in [0.25, 0.3) is 16.9 Å². The Kier molecular flexibility index (Phi) is 7.27. The lowest BCUT2D eigenvalue weighted by atomic mass is 10.1. The summed E-state index contributed by atoms with van der Waals surface area (Å²) in [5, 5.41) is 26.1. The number of hydrogen-bond acceptors (Lipinski definition) is 7. The molecule has 0 radical (unpaired) electrons. The van der Waals surface area contributed by atoms with E-state index in [0.717, 1.165) is 11.1 Å². The molecule has 2 heterocycles. The Morgan fingerprint density at radius 2 is 2.13 bits per heavy atom. The summed E-state index contributed by atoms with van der Waals surface area (Å²) < 4.78 is 7.49. The van der Waals surface area contributed by atoms with Crippen molar-refractivity contribution >= 4 is 23.0 Å². The van der Waals surface area contributed by atoms with Crippen LogP contribution in [0.1, 0.15) is 31.0 Å². The minimum atomic E-state index is -0.644. The number of aliphatic hydroxyl groups is 1. The van der Waals surface area contributed by atoms with Crippen LogP contribution in [0.2, 0.25) is 5.02 Å². The lowest BCUT2D eigenvalue weighted by Crippen LogP contribution is -2.29. The minimum Gasteiger partial charge on any atom is -0.491 e. The van der Waals surface area contributed by atoms with Gasteiger partial charge in [-0.05, 0) is 49.5 Å². The van der Waals surface area contributed by atoms with Gasteiger partial charge in [0.25, 0.3) is 0 Å². The molecule has 1 atom stereocenters. The molecule has 0 aliphatic carbocycles. The maximum atomic E-state index is 9.93. The van der Waals surface area contributed by atoms with Gasteiger partial charge in [0.05, 0.1) is 23.3 Å². The number of allylic oxidation sites excluding steroid dienone is 1. The van der Waals surface area contributed by atoms with Crippen molar-refractivity contribution < 1.29 is 9.84 Å². The highest BCUT2D eigenvalue weighted by atomic mass is 35.5. The normalized spacial score (nSPS) is 12.7. The van der Waals surface area contributed by atoms with Gasteiger partial charge in [-0.15, -0.1) is 0 Å². The molecule has 1 aromatic carbocycles. The van der Waals surface area contributed by atoms with Crippen molar-refractivity contribution in [1.82, 2.24) is 19.9 Å². The van der Waals surface area contributed by atoms with Crippen LogP contribution in [-0.2, 0) is 0 Å². The Balaban J connectivity index is 2.11. The molecule has 0 bridgehead atoms. The Labute approximate surface area is 186 Å². The number of nitrogens with two attached hydrogens (primary N) is 1. The van der Waals surface area contributed by atoms with Crippen LogP contribution in [0.5, 0.6) is 5.75 Å². The first-order valence-electron chi connectivity index (χ1n) is 9.96. The Morgan fingerprint density at radius 1 is 1.35 bits per heavy atom. The van der Waals surface area contributed by atoms with E-state index in [9.17, 15) is 5.11 Å². The molecule has 0 aliphatic heterocycles. The van der Waals surface area contributed by atoms with E-state index in [0.29, 0.717) is 34.4 Å². The highest BCUT2D eigenvalue weighted by molar-refractivity contribution is 6.31. The average molecular weight is 443 g/mol. The summed E-state index contributed by atoms with van der Waals surface area (Å²) in [6.07, 6.45) is 3.95. The van der Waals surface area contributed by atoms with E-state index in [-0.39, 0.29) is 18.2 Å². The second-order valence-electron chi connectivity index (χ2n) is 7.49. The Hall–Kier alpha value is -2.94. The molecule has 0 spiro atoms. The number of fused-ring (bicyclic) bond motifs is 1. The number of ether oxygens (including phenoxy) is 1. The molecule has 5 N–H and O–H groups in total. The number of benzene rings is 1. The van der Waals surface area contributed by atoms with Crippen LogP contribution in [0.15, 0.2) is 42.7 Å². The van der Waals surface area contributed by atoms with Gasteiger partial charge in [0.2, 0.25) is 0 Å². The average Bonchev–Trinajstić information content (AvgIpc) is 3.16. The molecule has 3 rings (SSSR count). The maximum Gasteiger partial charge on any atom is 0.159 e. The van der Waals surface area contributed by atoms with Gasteiger partial charge >= 0.3 is 0 Å². The second kappa shape index (κ2) is 9.91. The summed E-state index contributed by atoms with van der Waals surface area (Å²) in [6.45, 7) is 4.68. The molecule has 0 aliphatic rings. The van der Waals surface area contributed by atoms with E-state index < -0.39 is 6.10 Å². The summed E-state index contributed by atoms with van der Waals surface area (Å²) in [5.74, 6) is 0.733. The van der Waals surface area contributed by atoms with Crippen molar-refractivity contribution in [3.05, 3.63) is 59.0 Å². The maximum absolute atomic E-state index is 9.93. The third kappa shape index (κ3) is 5.22. The zero-order valence-corrected chi connectivity index (χ0v) is 18.5. The summed E-state index contributed by atoms with van der Waals surface area (Å²) in [7, 11) is 1.76. The van der Waals surface area contributed by atoms with Crippen molar-refractivity contribution in [1.29, 1.82) is 5.41 Å². The molecule has 3 aromatic rings. The van der Waals surface area contributed by atoms with Gasteiger partial charge in [0.15, 0.2) is 5.65 Å². The molecule has 0 saturated carbocycles. The quantitative estimate of drug-likeness (QED) is 0.378. The van der Waals surface area contributed by atoms with Crippen LogP contribution in [0.3, 0.4) is 0 Å². The van der Waals surface area contributed by atoms with E-state index in [1.165, 1.54) is 12.3 Å². The van der Waals surface area contributed by atoms with Crippen molar-refractivity contribution in [3.63, 3.8) is 0 Å². The van der Waals surface area contributed by atoms with E-state index >= 15 is 0 Å². The standard InChI is InChI=1S/C22H27ClN6O2/c1-13(2)18-11-27-29-21(9-20(28-22(18)29)19(25)4-5-24)14-6-15(23)8-17(7-14)31-12-16(30)10-26-3/h4-9,11,13,16,25-26,30H,10,12,24H2,1-3H3/b5-4-,25-19?. The Morgan fingerprint density at radius 3 is 2.81 bits per heavy atom. The topological polar surface area (TPSA) is 122 Å². The first-order chi connectivity index (χ1) is 14.8. The Bertz CT molecular complexity index is 1110. The van der Waals surface area contributed by atoms with Crippen molar-refractivity contribution in [2.45, 2.75) is 25.9 Å². The zero-order valence-electron chi connectivity index (χ0n) is 17.8. The van der Waals surface area contributed by atoms with E-state index in [1.54, 1.807) is 36.0 Å². The van der Waals surface area contributed by atoms with Crippen LogP contribution in [-0.4, -0.2) is 51.7 Å². The molecule has 8 nitrogen and oxygen atoms in total. The predicted molar refractivity (Wildman–Crippen MR) is 123 cm³/mol. The number of nitrogens with zero attached hydrogens (tertiary/aromatic N) is 3. The van der Waals surface area contributed by atoms with Crippen LogP contribution >= 0.6 is 11.6 Å².